The van der Waals surface area contributed by atoms with Gasteiger partial charge < -0.3 is 14.6 Å². The molecule has 6 nitrogen and oxygen atoms in total. The summed E-state index contributed by atoms with van der Waals surface area (Å²) in [5, 5.41) is 11.0. The molecule has 1 aliphatic heterocycles. The van der Waals surface area contributed by atoms with E-state index in [1.165, 1.54) is 0 Å². The van der Waals surface area contributed by atoms with Gasteiger partial charge >= 0.3 is 17.8 Å². The van der Waals surface area contributed by atoms with Crippen molar-refractivity contribution >= 4 is 29.2 Å². The molecule has 1 aromatic carbocycles. The third kappa shape index (κ3) is 2.60. The van der Waals surface area contributed by atoms with E-state index >= 15 is 0 Å². The van der Waals surface area contributed by atoms with Crippen molar-refractivity contribution in [3.63, 3.8) is 0 Å². The molecule has 2 aromatic rings. The SMILES string of the molecule is O=C(c1nnc(Nc2ccccc2Cl)o1)N1CCCC1. The number of nitrogens with zero attached hydrogens (tertiary/aromatic N) is 3. The lowest BCUT2D eigenvalue weighted by molar-refractivity contribution is 0.0754. The predicted octanol–water partition coefficient (Wildman–Crippen LogP) is 2.70. The fourth-order valence-corrected chi connectivity index (χ4v) is 2.28. The number of hydrogen-bond donors (Lipinski definition) is 1. The molecule has 0 aliphatic carbocycles. The number of nitrogens with one attached hydrogen (secondary N) is 1. The summed E-state index contributed by atoms with van der Waals surface area (Å²) in [7, 11) is 0. The normalized spacial score (nSPS) is 14.6. The third-order valence-corrected chi connectivity index (χ3v) is 3.45. The van der Waals surface area contributed by atoms with Crippen LogP contribution in [0.15, 0.2) is 28.7 Å². The van der Waals surface area contributed by atoms with Gasteiger partial charge in [0.05, 0.1) is 10.7 Å². The van der Waals surface area contributed by atoms with Crippen LogP contribution in [0.4, 0.5) is 11.7 Å². The second-order valence-corrected chi connectivity index (χ2v) is 4.92. The summed E-state index contributed by atoms with van der Waals surface area (Å²) in [5.41, 5.74) is 0.651. The fraction of sp³-hybridized carbons (Fsp3) is 0.308. The molecule has 104 valence electrons. The molecular formula is C13H13ClN4O2. The number of benzene rings is 1. The molecule has 0 bridgehead atoms. The molecule has 3 rings (SSSR count). The van der Waals surface area contributed by atoms with E-state index in [0.717, 1.165) is 25.9 Å². The van der Waals surface area contributed by atoms with Crippen LogP contribution in [0.25, 0.3) is 0 Å². The fourth-order valence-electron chi connectivity index (χ4n) is 2.09. The first-order valence-electron chi connectivity index (χ1n) is 6.38. The molecule has 7 heteroatoms. The summed E-state index contributed by atoms with van der Waals surface area (Å²) in [6.45, 7) is 1.49. The Kier molecular flexibility index (Phi) is 3.56. The highest BCUT2D eigenvalue weighted by Gasteiger charge is 2.24. The van der Waals surface area contributed by atoms with Crippen LogP contribution in [-0.4, -0.2) is 34.1 Å². The van der Waals surface area contributed by atoms with Crippen LogP contribution < -0.4 is 5.32 Å². The van der Waals surface area contributed by atoms with Crippen LogP contribution in [0.1, 0.15) is 23.5 Å². The highest BCUT2D eigenvalue weighted by molar-refractivity contribution is 6.33. The van der Waals surface area contributed by atoms with Crippen molar-refractivity contribution in [3.8, 4) is 0 Å². The molecule has 2 heterocycles. The van der Waals surface area contributed by atoms with Crippen molar-refractivity contribution in [1.29, 1.82) is 0 Å². The van der Waals surface area contributed by atoms with E-state index in [4.69, 9.17) is 16.0 Å². The van der Waals surface area contributed by atoms with E-state index < -0.39 is 0 Å². The molecule has 0 radical (unpaired) electrons. The quantitative estimate of drug-likeness (QED) is 0.942. The molecule has 1 aromatic heterocycles. The summed E-state index contributed by atoms with van der Waals surface area (Å²) in [4.78, 5) is 13.8. The van der Waals surface area contributed by atoms with Crippen molar-refractivity contribution in [3.05, 3.63) is 35.2 Å². The maximum absolute atomic E-state index is 12.1. The molecular weight excluding hydrogens is 280 g/mol. The second-order valence-electron chi connectivity index (χ2n) is 4.52. The van der Waals surface area contributed by atoms with Crippen LogP contribution in [0.2, 0.25) is 5.02 Å². The largest absolute Gasteiger partial charge is 0.399 e. The van der Waals surface area contributed by atoms with Gasteiger partial charge in [-0.3, -0.25) is 4.79 Å². The van der Waals surface area contributed by atoms with Crippen LogP contribution in [0.3, 0.4) is 0 Å². The molecule has 1 saturated heterocycles. The summed E-state index contributed by atoms with van der Waals surface area (Å²) >= 11 is 6.02. The van der Waals surface area contributed by atoms with Gasteiger partial charge in [-0.1, -0.05) is 28.8 Å². The maximum Gasteiger partial charge on any atom is 0.320 e. The van der Waals surface area contributed by atoms with Crippen LogP contribution in [-0.2, 0) is 0 Å². The minimum absolute atomic E-state index is 0.00135. The molecule has 0 unspecified atom stereocenters. The summed E-state index contributed by atoms with van der Waals surface area (Å²) < 4.78 is 5.33. The molecule has 0 atom stereocenters. The zero-order chi connectivity index (χ0) is 13.9. The summed E-state index contributed by atoms with van der Waals surface area (Å²) in [6, 6.07) is 7.34. The van der Waals surface area contributed by atoms with Crippen molar-refractivity contribution in [1.82, 2.24) is 15.1 Å². The molecule has 1 amide bonds. The number of likely N-dealkylation sites (tertiary alicyclic amines) is 1. The lowest BCUT2D eigenvalue weighted by Gasteiger charge is -2.11. The number of halogens is 1. The third-order valence-electron chi connectivity index (χ3n) is 3.12. The lowest BCUT2D eigenvalue weighted by Crippen LogP contribution is -2.27. The van der Waals surface area contributed by atoms with E-state index in [2.05, 4.69) is 15.5 Å². The number of para-hydroxylation sites is 1. The van der Waals surface area contributed by atoms with E-state index in [1.807, 2.05) is 12.1 Å². The van der Waals surface area contributed by atoms with Gasteiger partial charge in [-0.2, -0.15) is 0 Å². The van der Waals surface area contributed by atoms with Crippen molar-refractivity contribution in [2.24, 2.45) is 0 Å². The van der Waals surface area contributed by atoms with Gasteiger partial charge in [0.1, 0.15) is 0 Å². The van der Waals surface area contributed by atoms with Crippen LogP contribution in [0, 0.1) is 0 Å². The van der Waals surface area contributed by atoms with Gasteiger partial charge in [0.15, 0.2) is 0 Å². The maximum atomic E-state index is 12.1. The van der Waals surface area contributed by atoms with Gasteiger partial charge in [0.2, 0.25) is 0 Å². The topological polar surface area (TPSA) is 71.3 Å². The van der Waals surface area contributed by atoms with Crippen LogP contribution >= 0.6 is 11.6 Å². The first-order chi connectivity index (χ1) is 9.74. The molecule has 1 aliphatic rings. The summed E-state index contributed by atoms with van der Waals surface area (Å²) in [6.07, 6.45) is 2.04. The van der Waals surface area contributed by atoms with Gasteiger partial charge in [-0.05, 0) is 25.0 Å². The Labute approximate surface area is 120 Å². The average molecular weight is 293 g/mol. The minimum atomic E-state index is -0.220. The predicted molar refractivity (Wildman–Crippen MR) is 74.2 cm³/mol. The van der Waals surface area contributed by atoms with Gasteiger partial charge in [0, 0.05) is 13.1 Å². The number of carbonyl (C=O) groups excluding carboxylic acids is 1. The van der Waals surface area contributed by atoms with Gasteiger partial charge in [0.25, 0.3) is 0 Å². The Morgan fingerprint density at radius 3 is 2.75 bits per heavy atom. The van der Waals surface area contributed by atoms with Gasteiger partial charge in [-0.25, -0.2) is 0 Å². The molecule has 0 spiro atoms. The monoisotopic (exact) mass is 292 g/mol. The molecule has 0 saturated carbocycles. The molecule has 1 fully saturated rings. The minimum Gasteiger partial charge on any atom is -0.399 e. The van der Waals surface area contributed by atoms with Crippen LogP contribution in [0.5, 0.6) is 0 Å². The first kappa shape index (κ1) is 12.9. The van der Waals surface area contributed by atoms with Crippen molar-refractivity contribution < 1.29 is 9.21 Å². The Morgan fingerprint density at radius 2 is 2.00 bits per heavy atom. The standard InChI is InChI=1S/C13H13ClN4O2/c14-9-5-1-2-6-10(9)15-13-17-16-11(20-13)12(19)18-7-3-4-8-18/h1-2,5-6H,3-4,7-8H2,(H,15,17). The number of hydrogen-bond acceptors (Lipinski definition) is 5. The Balaban J connectivity index is 1.73. The highest BCUT2D eigenvalue weighted by atomic mass is 35.5. The van der Waals surface area contributed by atoms with Crippen molar-refractivity contribution in [2.45, 2.75) is 12.8 Å². The zero-order valence-corrected chi connectivity index (χ0v) is 11.4. The van der Waals surface area contributed by atoms with Crippen molar-refractivity contribution in [2.75, 3.05) is 18.4 Å². The summed E-state index contributed by atoms with van der Waals surface area (Å²) in [5.74, 6) is -0.219. The molecule has 1 N–H and O–H groups in total. The lowest BCUT2D eigenvalue weighted by atomic mass is 10.3. The number of rotatable bonds is 3. The number of aromatic nitrogens is 2. The highest BCUT2D eigenvalue weighted by Crippen LogP contribution is 2.24. The first-order valence-corrected chi connectivity index (χ1v) is 6.76. The number of anilines is 2. The van der Waals surface area contributed by atoms with Gasteiger partial charge in [-0.15, -0.1) is 5.10 Å². The van der Waals surface area contributed by atoms with E-state index in [-0.39, 0.29) is 17.8 Å². The Hall–Kier alpha value is -2.08. The zero-order valence-electron chi connectivity index (χ0n) is 10.7. The van der Waals surface area contributed by atoms with E-state index in [0.29, 0.717) is 10.7 Å². The number of carbonyl (C=O) groups is 1. The average Bonchev–Trinajstić information content (AvgIpc) is 3.12. The second kappa shape index (κ2) is 5.50. The Morgan fingerprint density at radius 1 is 1.25 bits per heavy atom. The van der Waals surface area contributed by atoms with E-state index in [1.54, 1.807) is 17.0 Å². The van der Waals surface area contributed by atoms with E-state index in [9.17, 15) is 4.79 Å². The number of amides is 1. The Bertz CT molecular complexity index is 622. The molecule has 20 heavy (non-hydrogen) atoms. The smallest absolute Gasteiger partial charge is 0.320 e.